The van der Waals surface area contributed by atoms with Crippen molar-refractivity contribution in [1.82, 2.24) is 0 Å². The summed E-state index contributed by atoms with van der Waals surface area (Å²) in [6, 6.07) is 11.7. The second-order valence-corrected chi connectivity index (χ2v) is 10.7. The molecule has 1 aliphatic rings. The maximum Gasteiger partial charge on any atom is 0.494 e. The molecular formula is C22H30BFN2O4S. The van der Waals surface area contributed by atoms with Crippen LogP contribution in [0, 0.1) is 5.82 Å². The number of hydrogen-bond acceptors (Lipinski definition) is 5. The van der Waals surface area contributed by atoms with Crippen molar-refractivity contribution in [2.24, 2.45) is 0 Å². The van der Waals surface area contributed by atoms with Crippen molar-refractivity contribution in [2.45, 2.75) is 52.2 Å². The fourth-order valence-electron chi connectivity index (χ4n) is 3.16. The number of anilines is 2. The van der Waals surface area contributed by atoms with E-state index in [9.17, 15) is 12.8 Å². The van der Waals surface area contributed by atoms with Crippen molar-refractivity contribution in [1.29, 1.82) is 0 Å². The topological polar surface area (TPSA) is 76.7 Å². The molecule has 2 aromatic carbocycles. The summed E-state index contributed by atoms with van der Waals surface area (Å²) in [5, 5.41) is 3.30. The molecule has 168 valence electrons. The number of halogens is 1. The van der Waals surface area contributed by atoms with Crippen molar-refractivity contribution in [2.75, 3.05) is 22.3 Å². The molecule has 9 heteroatoms. The van der Waals surface area contributed by atoms with Gasteiger partial charge in [-0.05, 0) is 76.3 Å². The van der Waals surface area contributed by atoms with Crippen LogP contribution in [0.25, 0.3) is 0 Å². The molecule has 2 aromatic rings. The molecule has 0 aliphatic carbocycles. The van der Waals surface area contributed by atoms with Gasteiger partial charge >= 0.3 is 7.12 Å². The van der Waals surface area contributed by atoms with Gasteiger partial charge in [-0.1, -0.05) is 18.2 Å². The van der Waals surface area contributed by atoms with Gasteiger partial charge in [0.2, 0.25) is 10.0 Å². The molecule has 2 N–H and O–H groups in total. The Morgan fingerprint density at radius 3 is 2.16 bits per heavy atom. The Bertz CT molecular complexity index is 1010. The monoisotopic (exact) mass is 448 g/mol. The number of hydrogen-bond donors (Lipinski definition) is 2. The third-order valence-electron chi connectivity index (χ3n) is 5.86. The van der Waals surface area contributed by atoms with Gasteiger partial charge in [-0.3, -0.25) is 4.72 Å². The van der Waals surface area contributed by atoms with Crippen LogP contribution in [0.3, 0.4) is 0 Å². The van der Waals surface area contributed by atoms with Gasteiger partial charge in [0.1, 0.15) is 5.82 Å². The minimum atomic E-state index is -3.44. The van der Waals surface area contributed by atoms with E-state index in [1.165, 1.54) is 12.1 Å². The molecule has 1 saturated heterocycles. The van der Waals surface area contributed by atoms with Crippen molar-refractivity contribution in [3.63, 3.8) is 0 Å². The van der Waals surface area contributed by atoms with Gasteiger partial charge < -0.3 is 14.6 Å². The summed E-state index contributed by atoms with van der Waals surface area (Å²) in [6.07, 6.45) is 0.654. The van der Waals surface area contributed by atoms with Gasteiger partial charge in [-0.2, -0.15) is 0 Å². The third kappa shape index (κ3) is 5.58. The predicted molar refractivity (Wildman–Crippen MR) is 124 cm³/mol. The number of benzene rings is 2. The van der Waals surface area contributed by atoms with E-state index in [1.807, 2.05) is 33.8 Å². The first kappa shape index (κ1) is 23.6. The van der Waals surface area contributed by atoms with Gasteiger partial charge in [0.05, 0.1) is 28.3 Å². The van der Waals surface area contributed by atoms with Crippen LogP contribution in [-0.2, 0) is 25.8 Å². The Balaban J connectivity index is 1.82. The molecule has 3 rings (SSSR count). The molecule has 0 bridgehead atoms. The SMILES string of the molecule is CCS(=O)(=O)Nc1ccc(B2OC(C)(C)C(C)(C)O2)cc1NCCc1ccc(F)cc1. The Hall–Kier alpha value is -2.10. The molecule has 0 radical (unpaired) electrons. The van der Waals surface area contributed by atoms with Gasteiger partial charge in [-0.15, -0.1) is 0 Å². The summed E-state index contributed by atoms with van der Waals surface area (Å²) in [6.45, 7) is 10.1. The molecule has 1 aliphatic heterocycles. The zero-order valence-corrected chi connectivity index (χ0v) is 19.5. The van der Waals surface area contributed by atoms with Gasteiger partial charge in [0.15, 0.2) is 0 Å². The minimum absolute atomic E-state index is 0.0268. The lowest BCUT2D eigenvalue weighted by molar-refractivity contribution is 0.00578. The minimum Gasteiger partial charge on any atom is -0.399 e. The fourth-order valence-corrected chi connectivity index (χ4v) is 3.81. The van der Waals surface area contributed by atoms with E-state index in [-0.39, 0.29) is 11.6 Å². The molecular weight excluding hydrogens is 418 g/mol. The highest BCUT2D eigenvalue weighted by molar-refractivity contribution is 7.92. The molecule has 0 amide bonds. The lowest BCUT2D eigenvalue weighted by Crippen LogP contribution is -2.41. The lowest BCUT2D eigenvalue weighted by Gasteiger charge is -2.32. The normalized spacial score (nSPS) is 17.5. The van der Waals surface area contributed by atoms with E-state index in [4.69, 9.17) is 9.31 Å². The first-order valence-corrected chi connectivity index (χ1v) is 12.1. The van der Waals surface area contributed by atoms with E-state index < -0.39 is 28.3 Å². The lowest BCUT2D eigenvalue weighted by atomic mass is 9.79. The highest BCUT2D eigenvalue weighted by Gasteiger charge is 2.51. The molecule has 0 saturated carbocycles. The smallest absolute Gasteiger partial charge is 0.399 e. The van der Waals surface area contributed by atoms with Gasteiger partial charge in [0.25, 0.3) is 0 Å². The van der Waals surface area contributed by atoms with E-state index in [0.717, 1.165) is 11.0 Å². The largest absolute Gasteiger partial charge is 0.494 e. The zero-order chi connectivity index (χ0) is 22.9. The van der Waals surface area contributed by atoms with Gasteiger partial charge in [-0.25, -0.2) is 12.8 Å². The molecule has 6 nitrogen and oxygen atoms in total. The van der Waals surface area contributed by atoms with Crippen LogP contribution in [0.4, 0.5) is 15.8 Å². The Morgan fingerprint density at radius 2 is 1.58 bits per heavy atom. The van der Waals surface area contributed by atoms with Crippen LogP contribution in [0.2, 0.25) is 0 Å². The second kappa shape index (κ2) is 8.80. The van der Waals surface area contributed by atoms with Crippen LogP contribution in [-0.4, -0.2) is 39.0 Å². The van der Waals surface area contributed by atoms with E-state index in [2.05, 4.69) is 10.0 Å². The summed E-state index contributed by atoms with van der Waals surface area (Å²) in [7, 11) is -4.00. The van der Waals surface area contributed by atoms with Crippen molar-refractivity contribution >= 4 is 34.0 Å². The second-order valence-electron chi connectivity index (χ2n) is 8.70. The molecule has 0 atom stereocenters. The molecule has 0 unspecified atom stereocenters. The Kier molecular flexibility index (Phi) is 6.69. The van der Waals surface area contributed by atoms with E-state index in [0.29, 0.717) is 24.3 Å². The van der Waals surface area contributed by atoms with Crippen LogP contribution in [0.15, 0.2) is 42.5 Å². The average Bonchev–Trinajstić information content (AvgIpc) is 2.91. The maximum absolute atomic E-state index is 13.1. The molecule has 0 spiro atoms. The summed E-state index contributed by atoms with van der Waals surface area (Å²) < 4.78 is 52.3. The molecule has 1 heterocycles. The summed E-state index contributed by atoms with van der Waals surface area (Å²) in [5.74, 6) is -0.302. The molecule has 1 fully saturated rings. The van der Waals surface area contributed by atoms with Crippen molar-refractivity contribution < 1.29 is 22.1 Å². The highest BCUT2D eigenvalue weighted by atomic mass is 32.2. The highest BCUT2D eigenvalue weighted by Crippen LogP contribution is 2.37. The summed E-state index contributed by atoms with van der Waals surface area (Å²) in [5.41, 5.74) is 1.91. The standard InChI is InChI=1S/C22H30BFN2O4S/c1-6-31(27,28)26-19-12-9-17(23-29-21(2,3)22(4,5)30-23)15-20(19)25-14-13-16-7-10-18(24)11-8-16/h7-12,15,25-26H,6,13-14H2,1-5H3. The first-order valence-electron chi connectivity index (χ1n) is 10.4. The Labute approximate surface area is 184 Å². The maximum atomic E-state index is 13.1. The first-order chi connectivity index (χ1) is 14.4. The van der Waals surface area contributed by atoms with E-state index in [1.54, 1.807) is 31.2 Å². The van der Waals surface area contributed by atoms with E-state index >= 15 is 0 Å². The van der Waals surface area contributed by atoms with Crippen LogP contribution in [0.1, 0.15) is 40.2 Å². The summed E-state index contributed by atoms with van der Waals surface area (Å²) >= 11 is 0. The predicted octanol–water partition coefficient (Wildman–Crippen LogP) is 3.54. The van der Waals surface area contributed by atoms with Crippen molar-refractivity contribution in [3.05, 3.63) is 53.8 Å². The summed E-state index contributed by atoms with van der Waals surface area (Å²) in [4.78, 5) is 0. The molecule has 0 aromatic heterocycles. The Morgan fingerprint density at radius 1 is 0.968 bits per heavy atom. The van der Waals surface area contributed by atoms with Crippen molar-refractivity contribution in [3.8, 4) is 0 Å². The fraction of sp³-hybridized carbons (Fsp3) is 0.455. The average molecular weight is 448 g/mol. The quantitative estimate of drug-likeness (QED) is 0.605. The van der Waals surface area contributed by atoms with Gasteiger partial charge in [0, 0.05) is 6.54 Å². The molecule has 31 heavy (non-hydrogen) atoms. The zero-order valence-electron chi connectivity index (χ0n) is 18.7. The van der Waals surface area contributed by atoms with Crippen LogP contribution < -0.4 is 15.5 Å². The van der Waals surface area contributed by atoms with Crippen LogP contribution in [0.5, 0.6) is 0 Å². The number of nitrogens with one attached hydrogen (secondary N) is 2. The number of sulfonamides is 1. The number of rotatable bonds is 8. The third-order valence-corrected chi connectivity index (χ3v) is 7.15. The van der Waals surface area contributed by atoms with Crippen LogP contribution >= 0.6 is 0 Å².